The van der Waals surface area contributed by atoms with Crippen LogP contribution in [0.25, 0.3) is 0 Å². The predicted octanol–water partition coefficient (Wildman–Crippen LogP) is 5.27. The van der Waals surface area contributed by atoms with Crippen molar-refractivity contribution in [3.05, 3.63) is 82.3 Å². The van der Waals surface area contributed by atoms with Crippen LogP contribution in [0.2, 0.25) is 0 Å². The first kappa shape index (κ1) is 18.1. The number of halogens is 1. The summed E-state index contributed by atoms with van der Waals surface area (Å²) in [5.41, 5.74) is 2.70. The van der Waals surface area contributed by atoms with Crippen molar-refractivity contribution in [1.29, 1.82) is 0 Å². The second kappa shape index (κ2) is 9.11. The van der Waals surface area contributed by atoms with Crippen LogP contribution in [0.5, 0.6) is 0 Å². The molecule has 2 aromatic carbocycles. The maximum absolute atomic E-state index is 10.9. The number of allylic oxidation sites excluding steroid dienone is 1. The van der Waals surface area contributed by atoms with Crippen molar-refractivity contribution in [2.45, 2.75) is 20.3 Å². The maximum atomic E-state index is 10.9. The third kappa shape index (κ3) is 6.19. The van der Waals surface area contributed by atoms with Crippen LogP contribution in [-0.4, -0.2) is 11.6 Å². The molecule has 2 aromatic rings. The van der Waals surface area contributed by atoms with E-state index in [4.69, 9.17) is 0 Å². The lowest BCUT2D eigenvalue weighted by molar-refractivity contribution is 0.100. The van der Waals surface area contributed by atoms with E-state index >= 15 is 0 Å². The zero-order chi connectivity index (χ0) is 16.5. The molecule has 0 heterocycles. The average Bonchev–Trinajstić information content (AvgIpc) is 2.49. The highest BCUT2D eigenvalue weighted by molar-refractivity contribution is 9.10. The summed E-state index contributed by atoms with van der Waals surface area (Å²) in [7, 11) is 0. The van der Waals surface area contributed by atoms with E-state index in [-0.39, 0.29) is 11.6 Å². The van der Waals surface area contributed by atoms with Gasteiger partial charge in [0, 0.05) is 15.6 Å². The van der Waals surface area contributed by atoms with E-state index in [0.717, 1.165) is 22.0 Å². The number of hydrogen-bond acceptors (Lipinski definition) is 2. The zero-order valence-corrected chi connectivity index (χ0v) is 14.4. The van der Waals surface area contributed by atoms with Crippen LogP contribution in [0.1, 0.15) is 40.1 Å². The van der Waals surface area contributed by atoms with Gasteiger partial charge < -0.3 is 0 Å². The summed E-state index contributed by atoms with van der Waals surface area (Å²) in [6, 6.07) is 15.0. The summed E-state index contributed by atoms with van der Waals surface area (Å²) < 4.78 is 0.945. The largest absolute Gasteiger partial charge is 0.295 e. The van der Waals surface area contributed by atoms with E-state index in [1.54, 1.807) is 19.9 Å². The Morgan fingerprint density at radius 2 is 1.59 bits per heavy atom. The molecule has 0 bridgehead atoms. The molecule has 0 atom stereocenters. The van der Waals surface area contributed by atoms with Gasteiger partial charge in [0.15, 0.2) is 11.6 Å². The Kier molecular flexibility index (Phi) is 7.47. The molecule has 0 spiro atoms. The number of ketones is 2. The van der Waals surface area contributed by atoms with Crippen LogP contribution in [-0.2, 0) is 6.42 Å². The molecule has 0 aliphatic carbocycles. The predicted molar refractivity (Wildman–Crippen MR) is 94.5 cm³/mol. The van der Waals surface area contributed by atoms with Crippen molar-refractivity contribution < 1.29 is 9.59 Å². The fourth-order valence-electron chi connectivity index (χ4n) is 1.75. The van der Waals surface area contributed by atoms with Crippen LogP contribution in [0.3, 0.4) is 0 Å². The van der Waals surface area contributed by atoms with Crippen molar-refractivity contribution in [2.24, 2.45) is 0 Å². The van der Waals surface area contributed by atoms with E-state index in [9.17, 15) is 9.59 Å². The molecule has 0 radical (unpaired) electrons. The van der Waals surface area contributed by atoms with Gasteiger partial charge in [-0.1, -0.05) is 58.4 Å². The summed E-state index contributed by atoms with van der Waals surface area (Å²) in [5.74, 6) is 0.210. The fourth-order valence-corrected chi connectivity index (χ4v) is 2.15. The zero-order valence-electron chi connectivity index (χ0n) is 12.8. The third-order valence-electron chi connectivity index (χ3n) is 2.97. The van der Waals surface area contributed by atoms with Gasteiger partial charge in [-0.05, 0) is 38.0 Å². The lowest BCUT2D eigenvalue weighted by Crippen LogP contribution is -1.91. The standard InChI is InChI=1S/C11H12O.C8H7BrO/c1-3-4-10-5-7-11(8-6-10)9(2)12;1-6(10)7-3-2-4-8(9)5-7/h3,5-8H,1,4H2,2H3;2-5H,1H3. The molecule has 0 N–H and O–H groups in total. The SMILES string of the molecule is C=CCc1ccc(C(C)=O)cc1.CC(=O)c1cccc(Br)c1. The first-order valence-corrected chi connectivity index (χ1v) is 7.70. The van der Waals surface area contributed by atoms with Crippen LogP contribution in [0.15, 0.2) is 65.7 Å². The minimum absolute atomic E-state index is 0.0984. The molecule has 0 unspecified atom stereocenters. The first-order chi connectivity index (χ1) is 10.4. The number of carbonyl (C=O) groups excluding carboxylic acids is 2. The Bertz CT molecular complexity index is 657. The van der Waals surface area contributed by atoms with Gasteiger partial charge in [-0.3, -0.25) is 9.59 Å². The van der Waals surface area contributed by atoms with Gasteiger partial charge >= 0.3 is 0 Å². The van der Waals surface area contributed by atoms with Crippen molar-refractivity contribution in [3.63, 3.8) is 0 Å². The Balaban J connectivity index is 0.000000224. The van der Waals surface area contributed by atoms with Gasteiger partial charge in [0.1, 0.15) is 0 Å². The van der Waals surface area contributed by atoms with Crippen LogP contribution >= 0.6 is 15.9 Å². The highest BCUT2D eigenvalue weighted by atomic mass is 79.9. The molecule has 3 heteroatoms. The Morgan fingerprint density at radius 3 is 2.00 bits per heavy atom. The second-order valence-electron chi connectivity index (χ2n) is 4.81. The van der Waals surface area contributed by atoms with Crippen molar-refractivity contribution in [1.82, 2.24) is 0 Å². The molecular formula is C19H19BrO2. The van der Waals surface area contributed by atoms with Gasteiger partial charge in [-0.25, -0.2) is 0 Å². The molecule has 2 rings (SSSR count). The lowest BCUT2D eigenvalue weighted by atomic mass is 10.1. The quantitative estimate of drug-likeness (QED) is 0.551. The molecule has 0 fully saturated rings. The number of benzene rings is 2. The molecule has 22 heavy (non-hydrogen) atoms. The molecule has 114 valence electrons. The molecule has 0 saturated heterocycles. The summed E-state index contributed by atoms with van der Waals surface area (Å²) in [6.45, 7) is 6.78. The highest BCUT2D eigenvalue weighted by Crippen LogP contribution is 2.11. The maximum Gasteiger partial charge on any atom is 0.159 e. The van der Waals surface area contributed by atoms with E-state index in [1.165, 1.54) is 5.56 Å². The van der Waals surface area contributed by atoms with Crippen molar-refractivity contribution >= 4 is 27.5 Å². The number of hydrogen-bond donors (Lipinski definition) is 0. The van der Waals surface area contributed by atoms with Gasteiger partial charge in [-0.15, -0.1) is 6.58 Å². The molecule has 0 saturated carbocycles. The molecule has 0 amide bonds. The molecule has 0 aliphatic heterocycles. The second-order valence-corrected chi connectivity index (χ2v) is 5.73. The summed E-state index contributed by atoms with van der Waals surface area (Å²) in [5, 5.41) is 0. The van der Waals surface area contributed by atoms with Crippen LogP contribution in [0, 0.1) is 0 Å². The smallest absolute Gasteiger partial charge is 0.159 e. The Labute approximate surface area is 140 Å². The number of Topliss-reactive ketones (excluding diaryl/α,β-unsaturated/α-hetero) is 2. The van der Waals surface area contributed by atoms with Gasteiger partial charge in [0.2, 0.25) is 0 Å². The number of carbonyl (C=O) groups is 2. The topological polar surface area (TPSA) is 34.1 Å². The molecular weight excluding hydrogens is 340 g/mol. The van der Waals surface area contributed by atoms with E-state index in [2.05, 4.69) is 22.5 Å². The first-order valence-electron chi connectivity index (χ1n) is 6.91. The van der Waals surface area contributed by atoms with Crippen molar-refractivity contribution in [3.8, 4) is 0 Å². The Hall–Kier alpha value is -2.00. The van der Waals surface area contributed by atoms with Crippen molar-refractivity contribution in [2.75, 3.05) is 0 Å². The highest BCUT2D eigenvalue weighted by Gasteiger charge is 1.97. The van der Waals surface area contributed by atoms with E-state index in [1.807, 2.05) is 48.5 Å². The normalized spacial score (nSPS) is 9.41. The lowest BCUT2D eigenvalue weighted by Gasteiger charge is -1.97. The van der Waals surface area contributed by atoms with Crippen LogP contribution in [0.4, 0.5) is 0 Å². The summed E-state index contributed by atoms with van der Waals surface area (Å²) in [4.78, 5) is 21.7. The monoisotopic (exact) mass is 358 g/mol. The minimum atomic E-state index is 0.0984. The molecule has 2 nitrogen and oxygen atoms in total. The van der Waals surface area contributed by atoms with Gasteiger partial charge in [-0.2, -0.15) is 0 Å². The van der Waals surface area contributed by atoms with Gasteiger partial charge in [0.25, 0.3) is 0 Å². The van der Waals surface area contributed by atoms with E-state index < -0.39 is 0 Å². The average molecular weight is 359 g/mol. The Morgan fingerprint density at radius 1 is 1.00 bits per heavy atom. The fraction of sp³-hybridized carbons (Fsp3) is 0.158. The summed E-state index contributed by atoms with van der Waals surface area (Å²) >= 11 is 3.28. The van der Waals surface area contributed by atoms with Gasteiger partial charge in [0.05, 0.1) is 0 Å². The number of rotatable bonds is 4. The van der Waals surface area contributed by atoms with E-state index in [0.29, 0.717) is 0 Å². The molecule has 0 aliphatic rings. The molecule has 0 aromatic heterocycles. The third-order valence-corrected chi connectivity index (χ3v) is 3.46. The van der Waals surface area contributed by atoms with Crippen LogP contribution < -0.4 is 0 Å². The minimum Gasteiger partial charge on any atom is -0.295 e. The summed E-state index contributed by atoms with van der Waals surface area (Å²) in [6.07, 6.45) is 2.71.